The number of rotatable bonds is 5. The summed E-state index contributed by atoms with van der Waals surface area (Å²) in [4.78, 5) is 0. The number of hydrogen-bond donors (Lipinski definition) is 0. The van der Waals surface area contributed by atoms with E-state index in [1.165, 1.54) is 12.1 Å². The fraction of sp³-hybridized carbons (Fsp3) is 0.474. The van der Waals surface area contributed by atoms with Gasteiger partial charge in [0.15, 0.2) is 11.5 Å². The lowest BCUT2D eigenvalue weighted by Crippen LogP contribution is -2.29. The number of fused-ring (bicyclic) bond motifs is 10. The molecule has 0 radical (unpaired) electrons. The summed E-state index contributed by atoms with van der Waals surface area (Å²) in [5, 5.41) is 1.50. The zero-order valence-corrected chi connectivity index (χ0v) is 30.0. The largest absolute Gasteiger partial charge is 0.534 e. The van der Waals surface area contributed by atoms with Gasteiger partial charge in [0.2, 0.25) is 0 Å². The van der Waals surface area contributed by atoms with E-state index >= 15 is 0 Å². The zero-order valence-electron chi connectivity index (χ0n) is 28.4. The minimum atomic E-state index is -6.28. The Morgan fingerprint density at radius 1 is 0.558 bits per heavy atom. The first-order valence-electron chi connectivity index (χ1n) is 17.4. The van der Waals surface area contributed by atoms with Gasteiger partial charge in [0, 0.05) is 11.1 Å². The van der Waals surface area contributed by atoms with Crippen molar-refractivity contribution in [2.45, 2.75) is 101 Å². The predicted octanol–water partition coefficient (Wildman–Crippen LogP) is 10.6. The molecule has 52 heavy (non-hydrogen) atoms. The highest BCUT2D eigenvalue weighted by atomic mass is 32.2. The molecular formula is C38H36F6O6S2. The van der Waals surface area contributed by atoms with Gasteiger partial charge < -0.3 is 8.37 Å². The molecule has 0 saturated heterocycles. The number of aryl methyl sites for hydroxylation is 2. The molecule has 4 aliphatic rings. The van der Waals surface area contributed by atoms with Gasteiger partial charge in [-0.05, 0) is 130 Å². The molecule has 0 aromatic heterocycles. The molecule has 4 aliphatic carbocycles. The van der Waals surface area contributed by atoms with E-state index in [0.717, 1.165) is 85.8 Å². The van der Waals surface area contributed by atoms with Gasteiger partial charge in [-0.15, -0.1) is 0 Å². The SMILES string of the molecule is CC12CCCC1c1ccc3c(-c4c(OS(=O)(=O)C(F)(F)F)ccc5c6c(ccc45)[C@H]4CCC[C@@]4(C)CC6)c(OS(=O)(=O)C(F)(F)F)ccc3c1CC2. The quantitative estimate of drug-likeness (QED) is 0.114. The molecule has 14 heteroatoms. The number of hydrogen-bond acceptors (Lipinski definition) is 6. The maximum atomic E-state index is 13.8. The van der Waals surface area contributed by atoms with Crippen molar-refractivity contribution in [1.82, 2.24) is 0 Å². The first-order chi connectivity index (χ1) is 24.2. The van der Waals surface area contributed by atoms with Gasteiger partial charge >= 0.3 is 31.3 Å². The molecule has 2 saturated carbocycles. The molecule has 2 fully saturated rings. The molecule has 4 aromatic carbocycles. The molecule has 6 nitrogen and oxygen atoms in total. The lowest BCUT2D eigenvalue weighted by Gasteiger charge is -2.39. The van der Waals surface area contributed by atoms with E-state index in [9.17, 15) is 43.2 Å². The van der Waals surface area contributed by atoms with Gasteiger partial charge in [0.25, 0.3) is 0 Å². The fourth-order valence-electron chi connectivity index (χ4n) is 10.1. The maximum Gasteiger partial charge on any atom is 0.534 e. The Labute approximate surface area is 297 Å². The van der Waals surface area contributed by atoms with E-state index in [0.29, 0.717) is 23.6 Å². The van der Waals surface area contributed by atoms with Crippen LogP contribution in [0, 0.1) is 10.8 Å². The monoisotopic (exact) mass is 766 g/mol. The van der Waals surface area contributed by atoms with Crippen molar-refractivity contribution in [3.63, 3.8) is 0 Å². The molecule has 0 aliphatic heterocycles. The van der Waals surface area contributed by atoms with Crippen LogP contribution in [0.1, 0.15) is 99.3 Å². The third-order valence-electron chi connectivity index (χ3n) is 12.6. The van der Waals surface area contributed by atoms with Crippen LogP contribution >= 0.6 is 0 Å². The molecule has 2 unspecified atom stereocenters. The van der Waals surface area contributed by atoms with Gasteiger partial charge in [-0.1, -0.05) is 63.1 Å². The second-order valence-corrected chi connectivity index (χ2v) is 18.6. The Hall–Kier alpha value is -3.52. The molecule has 278 valence electrons. The molecule has 4 atom stereocenters. The van der Waals surface area contributed by atoms with Crippen molar-refractivity contribution in [3.8, 4) is 22.6 Å². The molecule has 4 aromatic rings. The summed E-state index contributed by atoms with van der Waals surface area (Å²) in [5.41, 5.74) is -8.27. The Bertz CT molecular complexity index is 2220. The fourth-order valence-corrected chi connectivity index (χ4v) is 11.0. The molecule has 0 N–H and O–H groups in total. The summed E-state index contributed by atoms with van der Waals surface area (Å²) in [5.74, 6) is -1.22. The van der Waals surface area contributed by atoms with Crippen molar-refractivity contribution in [3.05, 3.63) is 70.8 Å². The van der Waals surface area contributed by atoms with E-state index in [1.54, 1.807) is 12.1 Å². The predicted molar refractivity (Wildman–Crippen MR) is 184 cm³/mol. The van der Waals surface area contributed by atoms with E-state index in [4.69, 9.17) is 8.37 Å². The highest BCUT2D eigenvalue weighted by molar-refractivity contribution is 7.88. The van der Waals surface area contributed by atoms with Gasteiger partial charge in [-0.2, -0.15) is 43.2 Å². The summed E-state index contributed by atoms with van der Waals surface area (Å²) >= 11 is 0. The Balaban J connectivity index is 1.46. The van der Waals surface area contributed by atoms with Crippen LogP contribution in [-0.4, -0.2) is 27.9 Å². The number of benzene rings is 4. The Morgan fingerprint density at radius 3 is 1.29 bits per heavy atom. The highest BCUT2D eigenvalue weighted by Crippen LogP contribution is 2.59. The van der Waals surface area contributed by atoms with Crippen LogP contribution < -0.4 is 8.37 Å². The summed E-state index contributed by atoms with van der Waals surface area (Å²) in [6.07, 6.45) is 8.89. The van der Waals surface area contributed by atoms with E-state index in [-0.39, 0.29) is 44.6 Å². The zero-order chi connectivity index (χ0) is 37.2. The van der Waals surface area contributed by atoms with Crippen LogP contribution in [0.5, 0.6) is 11.5 Å². The van der Waals surface area contributed by atoms with E-state index < -0.39 is 42.8 Å². The normalized spacial score (nSPS) is 26.2. The van der Waals surface area contributed by atoms with Crippen LogP contribution in [0.15, 0.2) is 48.5 Å². The summed E-state index contributed by atoms with van der Waals surface area (Å²) < 4.78 is 143. The first kappa shape index (κ1) is 35.5. The average Bonchev–Trinajstić information content (AvgIpc) is 3.65. The Kier molecular flexibility index (Phi) is 7.85. The van der Waals surface area contributed by atoms with Crippen LogP contribution in [-0.2, 0) is 33.1 Å². The summed E-state index contributed by atoms with van der Waals surface area (Å²) in [6.45, 7) is 4.47. The summed E-state index contributed by atoms with van der Waals surface area (Å²) in [6, 6.07) is 12.0. The van der Waals surface area contributed by atoms with Crippen LogP contribution in [0.4, 0.5) is 26.3 Å². The van der Waals surface area contributed by atoms with Gasteiger partial charge in [0.05, 0.1) is 0 Å². The topological polar surface area (TPSA) is 86.7 Å². The third kappa shape index (κ3) is 5.32. The summed E-state index contributed by atoms with van der Waals surface area (Å²) in [7, 11) is -12.6. The molecule has 8 rings (SSSR count). The van der Waals surface area contributed by atoms with E-state index in [2.05, 4.69) is 13.8 Å². The highest BCUT2D eigenvalue weighted by Gasteiger charge is 2.51. The van der Waals surface area contributed by atoms with Crippen molar-refractivity contribution < 1.29 is 51.5 Å². The molecule has 0 spiro atoms. The van der Waals surface area contributed by atoms with Crippen molar-refractivity contribution in [2.75, 3.05) is 0 Å². The van der Waals surface area contributed by atoms with Crippen LogP contribution in [0.3, 0.4) is 0 Å². The van der Waals surface area contributed by atoms with Gasteiger partial charge in [-0.25, -0.2) is 0 Å². The molecule has 0 amide bonds. The molecule has 0 heterocycles. The number of halogens is 6. The third-order valence-corrected chi connectivity index (χ3v) is 14.6. The van der Waals surface area contributed by atoms with Crippen LogP contribution in [0.25, 0.3) is 32.7 Å². The maximum absolute atomic E-state index is 13.8. The second kappa shape index (κ2) is 11.5. The van der Waals surface area contributed by atoms with Gasteiger partial charge in [-0.3, -0.25) is 0 Å². The van der Waals surface area contributed by atoms with Crippen molar-refractivity contribution in [1.29, 1.82) is 0 Å². The molecule has 0 bridgehead atoms. The first-order valence-corrected chi connectivity index (χ1v) is 20.3. The average molecular weight is 767 g/mol. The minimum absolute atomic E-state index is 0.0599. The number of alkyl halides is 6. The van der Waals surface area contributed by atoms with E-state index in [1.807, 2.05) is 12.1 Å². The lowest BCUT2D eigenvalue weighted by molar-refractivity contribution is -0.0505. The van der Waals surface area contributed by atoms with Gasteiger partial charge in [0.1, 0.15) is 0 Å². The smallest absolute Gasteiger partial charge is 0.375 e. The minimum Gasteiger partial charge on any atom is -0.375 e. The standard InChI is InChI=1S/C38H36F6O6S2/c1-35-17-3-5-29(35)25-7-9-27-21(23(25)15-19-35)11-13-31(49-51(45,46)37(39,40)41)33(27)34-28-10-8-26-24(16-20-36(2)18-4-6-30(26)36)22(28)12-14-32(34)50-52(47,48)38(42,43)44/h7-14,29-30H,3-6,15-20H2,1-2H3/t29-,30?,35+,36?/m1/s1. The van der Waals surface area contributed by atoms with Crippen molar-refractivity contribution >= 4 is 41.8 Å². The Morgan fingerprint density at radius 2 is 0.923 bits per heavy atom. The molecular weight excluding hydrogens is 731 g/mol. The second-order valence-electron chi connectivity index (χ2n) is 15.5. The van der Waals surface area contributed by atoms with Crippen molar-refractivity contribution in [2.24, 2.45) is 10.8 Å². The lowest BCUT2D eigenvalue weighted by atomic mass is 9.66. The van der Waals surface area contributed by atoms with Crippen LogP contribution in [0.2, 0.25) is 0 Å².